The molecule has 6 heteroatoms. The second-order valence-corrected chi connectivity index (χ2v) is 6.82. The van der Waals surface area contributed by atoms with Gasteiger partial charge in [-0.05, 0) is 45.1 Å². The molecule has 23 heavy (non-hydrogen) atoms. The largest absolute Gasteiger partial charge is 0.282 e. The summed E-state index contributed by atoms with van der Waals surface area (Å²) in [6, 6.07) is 6.67. The van der Waals surface area contributed by atoms with Crippen LogP contribution < -0.4 is 0 Å². The Morgan fingerprint density at radius 3 is 2.26 bits per heavy atom. The number of nitro benzene ring substituents is 1. The molecule has 2 fully saturated rings. The summed E-state index contributed by atoms with van der Waals surface area (Å²) in [5, 5.41) is 10.8. The van der Waals surface area contributed by atoms with Gasteiger partial charge >= 0.3 is 0 Å². The molecule has 1 saturated carbocycles. The van der Waals surface area contributed by atoms with Gasteiger partial charge < -0.3 is 0 Å². The molecule has 0 atom stereocenters. The average molecular weight is 312 g/mol. The van der Waals surface area contributed by atoms with E-state index in [1.54, 1.807) is 24.3 Å². The van der Waals surface area contributed by atoms with Crippen LogP contribution in [0.25, 0.3) is 5.70 Å². The minimum Gasteiger partial charge on any atom is -0.282 e. The molecule has 3 aliphatic rings. The molecule has 120 valence electrons. The normalized spacial score (nSPS) is 25.0. The summed E-state index contributed by atoms with van der Waals surface area (Å²) in [6.45, 7) is 2.09. The summed E-state index contributed by atoms with van der Waals surface area (Å²) in [5.74, 6) is 0. The monoisotopic (exact) mass is 312 g/mol. The molecule has 0 unspecified atom stereocenters. The van der Waals surface area contributed by atoms with E-state index in [1.807, 2.05) is 0 Å². The first kappa shape index (κ1) is 14.5. The number of hydrogen-bond donors (Lipinski definition) is 0. The van der Waals surface area contributed by atoms with Gasteiger partial charge in [0.2, 0.25) is 0 Å². The predicted octanol–water partition coefficient (Wildman–Crippen LogP) is 2.37. The van der Waals surface area contributed by atoms with Crippen molar-refractivity contribution in [3.63, 3.8) is 0 Å². The molecule has 2 spiro atoms. The molecular formula is C17H20N4O2. The van der Waals surface area contributed by atoms with Gasteiger partial charge in [-0.2, -0.15) is 0 Å². The first-order chi connectivity index (χ1) is 11.0. The van der Waals surface area contributed by atoms with Crippen molar-refractivity contribution < 1.29 is 4.92 Å². The van der Waals surface area contributed by atoms with Crippen LogP contribution in [0.4, 0.5) is 5.69 Å². The van der Waals surface area contributed by atoms with Gasteiger partial charge in [-0.25, -0.2) is 0 Å². The quantitative estimate of drug-likeness (QED) is 0.621. The highest BCUT2D eigenvalue weighted by Crippen LogP contribution is 2.61. The summed E-state index contributed by atoms with van der Waals surface area (Å²) in [5.41, 5.74) is 1.98. The summed E-state index contributed by atoms with van der Waals surface area (Å²) < 4.78 is 0. The Hall–Kier alpha value is -2.05. The van der Waals surface area contributed by atoms with E-state index in [9.17, 15) is 10.1 Å². The number of nitrogens with zero attached hydrogens (tertiary/aromatic N) is 4. The standard InChI is InChI=1S/C17H20N4O2/c1-19-9-10-20(2)17(19)12-18-15(11-16(17)7-8-16)13-3-5-14(6-4-13)21(22)23/h3-6,11-12H,7-10H2,1-2H3. The second kappa shape index (κ2) is 4.72. The number of fused-ring (bicyclic) bond motifs is 1. The molecule has 1 aromatic carbocycles. The number of aliphatic imine (C=N–C) groups is 1. The van der Waals surface area contributed by atoms with Crippen molar-refractivity contribution in [2.75, 3.05) is 27.2 Å². The third kappa shape index (κ3) is 1.91. The van der Waals surface area contributed by atoms with Crippen LogP contribution in [0.15, 0.2) is 35.3 Å². The van der Waals surface area contributed by atoms with Crippen molar-refractivity contribution in [1.29, 1.82) is 0 Å². The molecule has 0 radical (unpaired) electrons. The van der Waals surface area contributed by atoms with E-state index in [0.717, 1.165) is 37.2 Å². The van der Waals surface area contributed by atoms with Crippen molar-refractivity contribution in [2.24, 2.45) is 10.4 Å². The Morgan fingerprint density at radius 2 is 1.74 bits per heavy atom. The number of rotatable bonds is 2. The average Bonchev–Trinajstić information content (AvgIpc) is 3.26. The van der Waals surface area contributed by atoms with Gasteiger partial charge in [0.05, 0.1) is 10.6 Å². The molecule has 0 bridgehead atoms. The maximum Gasteiger partial charge on any atom is 0.269 e. The summed E-state index contributed by atoms with van der Waals surface area (Å²) in [6.07, 6.45) is 6.69. The third-order valence-electron chi connectivity index (χ3n) is 5.63. The van der Waals surface area contributed by atoms with Gasteiger partial charge in [0.25, 0.3) is 5.69 Å². The van der Waals surface area contributed by atoms with Crippen LogP contribution in [0.2, 0.25) is 0 Å². The lowest BCUT2D eigenvalue weighted by molar-refractivity contribution is -0.384. The molecule has 0 N–H and O–H groups in total. The third-order valence-corrected chi connectivity index (χ3v) is 5.63. The Bertz CT molecular complexity index is 709. The fourth-order valence-electron chi connectivity index (χ4n) is 4.14. The zero-order valence-corrected chi connectivity index (χ0v) is 13.4. The van der Waals surface area contributed by atoms with Crippen molar-refractivity contribution in [3.8, 4) is 0 Å². The van der Waals surface area contributed by atoms with E-state index in [1.165, 1.54) is 0 Å². The van der Waals surface area contributed by atoms with E-state index in [4.69, 9.17) is 4.99 Å². The summed E-state index contributed by atoms with van der Waals surface area (Å²) >= 11 is 0. The van der Waals surface area contributed by atoms with E-state index in [-0.39, 0.29) is 21.7 Å². The number of benzene rings is 1. The van der Waals surface area contributed by atoms with Gasteiger partial charge in [-0.1, -0.05) is 0 Å². The first-order valence-electron chi connectivity index (χ1n) is 7.94. The molecule has 0 aromatic heterocycles. The summed E-state index contributed by atoms with van der Waals surface area (Å²) in [4.78, 5) is 19.9. The van der Waals surface area contributed by atoms with Crippen molar-refractivity contribution >= 4 is 17.6 Å². The van der Waals surface area contributed by atoms with Crippen molar-refractivity contribution in [1.82, 2.24) is 9.80 Å². The zero-order valence-electron chi connectivity index (χ0n) is 13.4. The van der Waals surface area contributed by atoms with Crippen LogP contribution in [-0.4, -0.2) is 53.8 Å². The Morgan fingerprint density at radius 1 is 1.13 bits per heavy atom. The topological polar surface area (TPSA) is 62.0 Å². The fraction of sp³-hybridized carbons (Fsp3) is 0.471. The van der Waals surface area contributed by atoms with Crippen LogP contribution in [0.5, 0.6) is 0 Å². The molecule has 6 nitrogen and oxygen atoms in total. The van der Waals surface area contributed by atoms with E-state index in [2.05, 4.69) is 36.2 Å². The lowest BCUT2D eigenvalue weighted by Gasteiger charge is -2.45. The lowest BCUT2D eigenvalue weighted by atomic mass is 9.84. The molecule has 2 aliphatic heterocycles. The Labute approximate surface area is 135 Å². The number of likely N-dealkylation sites (N-methyl/N-ethyl adjacent to an activating group) is 2. The molecule has 1 saturated heterocycles. The fourth-order valence-corrected chi connectivity index (χ4v) is 4.14. The van der Waals surface area contributed by atoms with E-state index in [0.29, 0.717) is 0 Å². The van der Waals surface area contributed by atoms with Crippen LogP contribution in [0, 0.1) is 15.5 Å². The van der Waals surface area contributed by atoms with Crippen LogP contribution in [0.1, 0.15) is 18.4 Å². The highest BCUT2D eigenvalue weighted by molar-refractivity contribution is 5.85. The Kier molecular flexibility index (Phi) is 2.98. The lowest BCUT2D eigenvalue weighted by Crippen LogP contribution is -2.59. The van der Waals surface area contributed by atoms with Gasteiger partial charge in [0.15, 0.2) is 0 Å². The van der Waals surface area contributed by atoms with Crippen LogP contribution in [-0.2, 0) is 0 Å². The molecule has 2 heterocycles. The predicted molar refractivity (Wildman–Crippen MR) is 89.2 cm³/mol. The molecule has 1 aliphatic carbocycles. The van der Waals surface area contributed by atoms with Crippen LogP contribution >= 0.6 is 0 Å². The molecule has 1 aromatic rings. The highest BCUT2D eigenvalue weighted by atomic mass is 16.6. The first-order valence-corrected chi connectivity index (χ1v) is 7.94. The second-order valence-electron chi connectivity index (χ2n) is 6.82. The van der Waals surface area contributed by atoms with E-state index >= 15 is 0 Å². The summed E-state index contributed by atoms with van der Waals surface area (Å²) in [7, 11) is 4.33. The maximum absolute atomic E-state index is 10.8. The van der Waals surface area contributed by atoms with Crippen molar-refractivity contribution in [3.05, 3.63) is 46.0 Å². The molecular weight excluding hydrogens is 292 g/mol. The SMILES string of the molecule is CN1CCN(C)C12C=NC(c1ccc([N+](=O)[O-])cc1)=CC21CC1. The van der Waals surface area contributed by atoms with Gasteiger partial charge in [0.1, 0.15) is 5.66 Å². The van der Waals surface area contributed by atoms with E-state index < -0.39 is 0 Å². The Balaban J connectivity index is 1.70. The molecule has 0 amide bonds. The van der Waals surface area contributed by atoms with Crippen LogP contribution in [0.3, 0.4) is 0 Å². The van der Waals surface area contributed by atoms with Gasteiger partial charge in [0, 0.05) is 42.4 Å². The minimum atomic E-state index is -0.373. The number of non-ortho nitro benzene ring substituents is 1. The highest BCUT2D eigenvalue weighted by Gasteiger charge is 2.64. The van der Waals surface area contributed by atoms with Crippen molar-refractivity contribution in [2.45, 2.75) is 18.5 Å². The zero-order chi connectivity index (χ0) is 16.2. The van der Waals surface area contributed by atoms with Gasteiger partial charge in [-0.3, -0.25) is 24.9 Å². The number of nitro groups is 1. The maximum atomic E-state index is 10.8. The smallest absolute Gasteiger partial charge is 0.269 e. The van der Waals surface area contributed by atoms with Gasteiger partial charge in [-0.15, -0.1) is 0 Å². The molecule has 4 rings (SSSR count). The number of hydrogen-bond acceptors (Lipinski definition) is 5. The minimum absolute atomic E-state index is 0.113.